The van der Waals surface area contributed by atoms with Gasteiger partial charge in [-0.15, -0.1) is 11.3 Å². The first-order chi connectivity index (χ1) is 10.9. The molecule has 1 aromatic heterocycles. The molecule has 2 heterocycles. The molecule has 1 aromatic rings. The Bertz CT molecular complexity index is 598. The molecule has 2 rings (SSSR count). The summed E-state index contributed by atoms with van der Waals surface area (Å²) < 4.78 is 0. The summed E-state index contributed by atoms with van der Waals surface area (Å²) >= 11 is 3.48. The largest absolute Gasteiger partial charge is 0.392 e. The van der Waals surface area contributed by atoms with Crippen LogP contribution in [0, 0.1) is 10.1 Å². The first kappa shape index (κ1) is 18.1. The quantitative estimate of drug-likeness (QED) is 0.308. The summed E-state index contributed by atoms with van der Waals surface area (Å²) in [5.74, 6) is 0.190. The van der Waals surface area contributed by atoms with E-state index in [2.05, 4.69) is 29.4 Å². The van der Waals surface area contributed by atoms with Gasteiger partial charge < -0.3 is 5.73 Å². The highest BCUT2D eigenvalue weighted by molar-refractivity contribution is 7.98. The van der Waals surface area contributed by atoms with E-state index in [4.69, 9.17) is 5.73 Å². The van der Waals surface area contributed by atoms with E-state index in [9.17, 15) is 10.1 Å². The number of hydrogen-bond donors (Lipinski definition) is 2. The van der Waals surface area contributed by atoms with E-state index in [-0.39, 0.29) is 5.54 Å². The zero-order chi connectivity index (χ0) is 16.9. The van der Waals surface area contributed by atoms with Crippen molar-refractivity contribution >= 4 is 29.3 Å². The maximum atomic E-state index is 11.1. The van der Waals surface area contributed by atoms with Crippen LogP contribution < -0.4 is 11.1 Å². The van der Waals surface area contributed by atoms with Crippen molar-refractivity contribution in [1.82, 2.24) is 5.32 Å². The zero-order valence-corrected chi connectivity index (χ0v) is 15.0. The molecule has 0 amide bonds. The Morgan fingerprint density at radius 3 is 2.96 bits per heavy atom. The monoisotopic (exact) mass is 354 g/mol. The average Bonchev–Trinajstić information content (AvgIpc) is 3.17. The molecular weight excluding hydrogens is 332 g/mol. The second kappa shape index (κ2) is 7.57. The van der Waals surface area contributed by atoms with Crippen LogP contribution in [0.4, 0.5) is 0 Å². The number of nitrogens with zero attached hydrogens (tertiary/aromatic N) is 2. The van der Waals surface area contributed by atoms with E-state index in [1.165, 1.54) is 22.0 Å². The summed E-state index contributed by atoms with van der Waals surface area (Å²) in [6.45, 7) is 4.66. The van der Waals surface area contributed by atoms with Crippen molar-refractivity contribution in [1.29, 1.82) is 0 Å². The average molecular weight is 355 g/mol. The maximum absolute atomic E-state index is 11.1. The summed E-state index contributed by atoms with van der Waals surface area (Å²) in [5, 5.41) is 14.0. The SMILES string of the molecule is CCC(C)(N)c1ccc(CSCCNC2([N+](=O)[O-])C=CC=N2)s1. The molecule has 0 bridgehead atoms. The first-order valence-electron chi connectivity index (χ1n) is 7.48. The Kier molecular flexibility index (Phi) is 5.96. The molecule has 0 aromatic carbocycles. The van der Waals surface area contributed by atoms with Gasteiger partial charge in [-0.05, 0) is 31.6 Å². The van der Waals surface area contributed by atoms with Crippen LogP contribution in [-0.4, -0.2) is 29.2 Å². The predicted molar refractivity (Wildman–Crippen MR) is 97.7 cm³/mol. The summed E-state index contributed by atoms with van der Waals surface area (Å²) in [7, 11) is 0. The molecule has 0 saturated carbocycles. The minimum Gasteiger partial charge on any atom is -0.321 e. The van der Waals surface area contributed by atoms with Crippen molar-refractivity contribution in [3.8, 4) is 0 Å². The number of allylic oxidation sites excluding steroid dienone is 1. The summed E-state index contributed by atoms with van der Waals surface area (Å²) in [5.41, 5.74) is 5.99. The molecular formula is C15H22N4O2S2. The van der Waals surface area contributed by atoms with Crippen LogP contribution in [0.1, 0.15) is 30.0 Å². The van der Waals surface area contributed by atoms with Gasteiger partial charge in [-0.25, -0.2) is 5.32 Å². The topological polar surface area (TPSA) is 93.5 Å². The van der Waals surface area contributed by atoms with Crippen LogP contribution in [0.3, 0.4) is 0 Å². The Hall–Kier alpha value is -1.22. The van der Waals surface area contributed by atoms with Gasteiger partial charge in [0.2, 0.25) is 0 Å². The van der Waals surface area contributed by atoms with Crippen LogP contribution >= 0.6 is 23.1 Å². The lowest BCUT2D eigenvalue weighted by Crippen LogP contribution is -2.48. The predicted octanol–water partition coefficient (Wildman–Crippen LogP) is 2.73. The number of thioether (sulfide) groups is 1. The molecule has 2 atom stereocenters. The Morgan fingerprint density at radius 1 is 1.57 bits per heavy atom. The fourth-order valence-corrected chi connectivity index (χ4v) is 4.18. The summed E-state index contributed by atoms with van der Waals surface area (Å²) in [6, 6.07) is 4.21. The molecule has 0 spiro atoms. The van der Waals surface area contributed by atoms with E-state index < -0.39 is 10.7 Å². The number of nitrogens with two attached hydrogens (primary N) is 1. The fourth-order valence-electron chi connectivity index (χ4n) is 2.07. The Morgan fingerprint density at radius 2 is 2.35 bits per heavy atom. The Balaban J connectivity index is 1.75. The van der Waals surface area contributed by atoms with E-state index in [1.807, 2.05) is 6.92 Å². The van der Waals surface area contributed by atoms with Crippen molar-refractivity contribution in [3.05, 3.63) is 44.2 Å². The first-order valence-corrected chi connectivity index (χ1v) is 9.45. The van der Waals surface area contributed by atoms with E-state index in [0.29, 0.717) is 6.54 Å². The highest BCUT2D eigenvalue weighted by Gasteiger charge is 2.40. The third kappa shape index (κ3) is 4.41. The smallest absolute Gasteiger partial charge is 0.321 e. The zero-order valence-electron chi connectivity index (χ0n) is 13.3. The number of hydrogen-bond acceptors (Lipinski definition) is 7. The number of thiophene rings is 1. The van der Waals surface area contributed by atoms with Crippen LogP contribution in [0.2, 0.25) is 0 Å². The van der Waals surface area contributed by atoms with Crippen molar-refractivity contribution in [2.24, 2.45) is 10.7 Å². The normalized spacial score (nSPS) is 22.4. The molecule has 23 heavy (non-hydrogen) atoms. The van der Waals surface area contributed by atoms with Crippen molar-refractivity contribution < 1.29 is 4.92 Å². The second-order valence-electron chi connectivity index (χ2n) is 5.64. The van der Waals surface area contributed by atoms with Gasteiger partial charge in [0.15, 0.2) is 0 Å². The molecule has 3 N–H and O–H groups in total. The molecule has 1 aliphatic heterocycles. The molecule has 2 unspecified atom stereocenters. The molecule has 1 aliphatic rings. The molecule has 0 radical (unpaired) electrons. The van der Waals surface area contributed by atoms with Gasteiger partial charge in [-0.2, -0.15) is 16.8 Å². The highest BCUT2D eigenvalue weighted by atomic mass is 32.2. The summed E-state index contributed by atoms with van der Waals surface area (Å²) in [6.07, 6.45) is 5.42. The molecule has 6 nitrogen and oxygen atoms in total. The lowest BCUT2D eigenvalue weighted by Gasteiger charge is -2.20. The van der Waals surface area contributed by atoms with Crippen molar-refractivity contribution in [2.45, 2.75) is 37.3 Å². The number of aliphatic imine (C=N–C) groups is 1. The van der Waals surface area contributed by atoms with Crippen LogP contribution in [0.5, 0.6) is 0 Å². The van der Waals surface area contributed by atoms with E-state index in [0.717, 1.165) is 17.9 Å². The van der Waals surface area contributed by atoms with Crippen molar-refractivity contribution in [3.63, 3.8) is 0 Å². The van der Waals surface area contributed by atoms with Gasteiger partial charge in [0.1, 0.15) is 0 Å². The van der Waals surface area contributed by atoms with Gasteiger partial charge in [0.05, 0.1) is 4.92 Å². The highest BCUT2D eigenvalue weighted by Crippen LogP contribution is 2.30. The van der Waals surface area contributed by atoms with Gasteiger partial charge in [0.25, 0.3) is 0 Å². The summed E-state index contributed by atoms with van der Waals surface area (Å²) in [4.78, 5) is 17.1. The van der Waals surface area contributed by atoms with E-state index >= 15 is 0 Å². The third-order valence-corrected chi connectivity index (χ3v) is 6.35. The number of nitrogens with one attached hydrogen (secondary N) is 1. The molecule has 126 valence electrons. The molecule has 0 saturated heterocycles. The lowest BCUT2D eigenvalue weighted by atomic mass is 9.99. The minimum atomic E-state index is -1.47. The van der Waals surface area contributed by atoms with Crippen molar-refractivity contribution in [2.75, 3.05) is 12.3 Å². The maximum Gasteiger partial charge on any atom is 0.392 e. The van der Waals surface area contributed by atoms with Gasteiger partial charge in [-0.3, -0.25) is 10.1 Å². The van der Waals surface area contributed by atoms with Crippen LogP contribution in [0.25, 0.3) is 0 Å². The van der Waals surface area contributed by atoms with E-state index in [1.54, 1.807) is 29.2 Å². The third-order valence-electron chi connectivity index (χ3n) is 3.80. The molecule has 0 fully saturated rings. The van der Waals surface area contributed by atoms with Gasteiger partial charge >= 0.3 is 5.79 Å². The minimum absolute atomic E-state index is 0.264. The molecule has 0 aliphatic carbocycles. The van der Waals surface area contributed by atoms with Gasteiger partial charge in [-0.1, -0.05) is 6.92 Å². The number of rotatable bonds is 9. The lowest BCUT2D eigenvalue weighted by molar-refractivity contribution is -0.559. The Labute approximate surface area is 144 Å². The standard InChI is InChI=1S/C15H22N4O2S2/c1-3-14(2,16)13-6-5-12(23-13)11-22-10-9-18-15(19(20)21)7-4-8-17-15/h4-8,18H,3,9-11,16H2,1-2H3. The fraction of sp³-hybridized carbons (Fsp3) is 0.533. The van der Waals surface area contributed by atoms with Crippen LogP contribution in [0.15, 0.2) is 29.3 Å². The molecule has 8 heteroatoms. The number of nitro groups is 1. The second-order valence-corrected chi connectivity index (χ2v) is 7.91. The van der Waals surface area contributed by atoms with Gasteiger partial charge in [0, 0.05) is 45.6 Å². The van der Waals surface area contributed by atoms with Crippen LogP contribution in [-0.2, 0) is 11.3 Å².